The van der Waals surface area contributed by atoms with E-state index in [4.69, 9.17) is 9.47 Å². The lowest BCUT2D eigenvalue weighted by molar-refractivity contribution is 0.0603. The number of benzene rings is 3. The van der Waals surface area contributed by atoms with Gasteiger partial charge in [0.1, 0.15) is 5.75 Å². The number of ether oxygens (including phenoxy) is 2. The van der Waals surface area contributed by atoms with E-state index < -0.39 is 0 Å². The van der Waals surface area contributed by atoms with Gasteiger partial charge in [-0.2, -0.15) is 0 Å². The number of rotatable bonds is 3. The van der Waals surface area contributed by atoms with E-state index in [1.54, 1.807) is 7.11 Å². The third-order valence-corrected chi connectivity index (χ3v) is 3.69. The Balaban J connectivity index is 2.29. The first-order valence-corrected chi connectivity index (χ1v) is 6.99. The predicted octanol–water partition coefficient (Wildman–Crippen LogP) is 4.30. The van der Waals surface area contributed by atoms with E-state index in [9.17, 15) is 4.79 Å². The van der Waals surface area contributed by atoms with E-state index in [0.29, 0.717) is 5.56 Å². The third-order valence-electron chi connectivity index (χ3n) is 3.69. The molecule has 0 atom stereocenters. The molecule has 0 aliphatic heterocycles. The van der Waals surface area contributed by atoms with Gasteiger partial charge in [-0.15, -0.1) is 0 Å². The Morgan fingerprint density at radius 1 is 0.909 bits per heavy atom. The average Bonchev–Trinajstić information content (AvgIpc) is 2.60. The quantitative estimate of drug-likeness (QED) is 0.675. The first-order chi connectivity index (χ1) is 10.7. The molecule has 0 aliphatic carbocycles. The van der Waals surface area contributed by atoms with Crippen molar-refractivity contribution in [3.8, 4) is 16.9 Å². The summed E-state index contributed by atoms with van der Waals surface area (Å²) in [6.45, 7) is 0. The summed E-state index contributed by atoms with van der Waals surface area (Å²) in [5, 5.41) is 1.87. The van der Waals surface area contributed by atoms with E-state index in [0.717, 1.165) is 27.6 Å². The Morgan fingerprint density at radius 3 is 2.41 bits per heavy atom. The Bertz CT molecular complexity index is 837. The van der Waals surface area contributed by atoms with Crippen molar-refractivity contribution in [2.45, 2.75) is 0 Å². The molecule has 0 saturated heterocycles. The second kappa shape index (κ2) is 5.90. The van der Waals surface area contributed by atoms with Crippen molar-refractivity contribution < 1.29 is 14.3 Å². The van der Waals surface area contributed by atoms with Gasteiger partial charge in [0.2, 0.25) is 0 Å². The van der Waals surface area contributed by atoms with Crippen molar-refractivity contribution >= 4 is 16.7 Å². The maximum Gasteiger partial charge on any atom is 0.338 e. The molecule has 3 aromatic rings. The Morgan fingerprint density at radius 2 is 1.64 bits per heavy atom. The summed E-state index contributed by atoms with van der Waals surface area (Å²) in [6.07, 6.45) is 0. The Labute approximate surface area is 129 Å². The number of esters is 1. The van der Waals surface area contributed by atoms with Crippen molar-refractivity contribution in [2.75, 3.05) is 14.2 Å². The summed E-state index contributed by atoms with van der Waals surface area (Å²) in [5.41, 5.74) is 2.43. The number of hydrogen-bond donors (Lipinski definition) is 0. The van der Waals surface area contributed by atoms with Crippen LogP contribution in [0.5, 0.6) is 5.75 Å². The molecule has 3 rings (SSSR count). The number of fused-ring (bicyclic) bond motifs is 1. The van der Waals surface area contributed by atoms with Gasteiger partial charge in [-0.1, -0.05) is 42.5 Å². The fourth-order valence-electron chi connectivity index (χ4n) is 2.63. The van der Waals surface area contributed by atoms with Crippen LogP contribution in [0, 0.1) is 0 Å². The first kappa shape index (κ1) is 14.1. The summed E-state index contributed by atoms with van der Waals surface area (Å²) in [6, 6.07) is 19.4. The molecule has 0 aromatic heterocycles. The maximum absolute atomic E-state index is 12.1. The van der Waals surface area contributed by atoms with Gasteiger partial charge in [-0.05, 0) is 34.5 Å². The molecule has 0 heterocycles. The van der Waals surface area contributed by atoms with Crippen LogP contribution in [-0.4, -0.2) is 20.2 Å². The third kappa shape index (κ3) is 2.42. The maximum atomic E-state index is 12.1. The van der Waals surface area contributed by atoms with Crippen LogP contribution in [0.25, 0.3) is 21.9 Å². The highest BCUT2D eigenvalue weighted by molar-refractivity contribution is 6.06. The van der Waals surface area contributed by atoms with Crippen LogP contribution in [0.15, 0.2) is 60.7 Å². The van der Waals surface area contributed by atoms with E-state index in [-0.39, 0.29) is 5.97 Å². The first-order valence-electron chi connectivity index (χ1n) is 6.99. The largest absolute Gasteiger partial charge is 0.496 e. The molecule has 0 radical (unpaired) electrons. The van der Waals surface area contributed by atoms with Crippen LogP contribution in [0.2, 0.25) is 0 Å². The molecule has 0 amide bonds. The SMILES string of the molecule is COC(=O)c1cc(-c2ccccc2OC)cc2ccccc12. The minimum absolute atomic E-state index is 0.340. The molecule has 0 unspecified atom stereocenters. The Kier molecular flexibility index (Phi) is 3.79. The van der Waals surface area contributed by atoms with E-state index in [2.05, 4.69) is 6.07 Å². The normalized spacial score (nSPS) is 10.5. The van der Waals surface area contributed by atoms with Gasteiger partial charge in [0.05, 0.1) is 19.8 Å². The molecule has 0 saturated carbocycles. The zero-order valence-corrected chi connectivity index (χ0v) is 12.5. The molecule has 22 heavy (non-hydrogen) atoms. The monoisotopic (exact) mass is 292 g/mol. The van der Waals surface area contributed by atoms with Gasteiger partial charge in [0.15, 0.2) is 0 Å². The van der Waals surface area contributed by atoms with Crippen molar-refractivity contribution in [3.63, 3.8) is 0 Å². The fourth-order valence-corrected chi connectivity index (χ4v) is 2.63. The second-order valence-corrected chi connectivity index (χ2v) is 4.94. The zero-order valence-electron chi connectivity index (χ0n) is 12.5. The lowest BCUT2D eigenvalue weighted by Gasteiger charge is -2.12. The summed E-state index contributed by atoms with van der Waals surface area (Å²) in [7, 11) is 3.04. The molecule has 0 N–H and O–H groups in total. The summed E-state index contributed by atoms with van der Waals surface area (Å²) in [5.74, 6) is 0.432. The van der Waals surface area contributed by atoms with Crippen LogP contribution in [0.4, 0.5) is 0 Å². The molecule has 3 nitrogen and oxygen atoms in total. The molecule has 3 aromatic carbocycles. The van der Waals surface area contributed by atoms with Gasteiger partial charge in [-0.3, -0.25) is 0 Å². The van der Waals surface area contributed by atoms with Crippen molar-refractivity contribution in [1.82, 2.24) is 0 Å². The van der Waals surface area contributed by atoms with Gasteiger partial charge in [-0.25, -0.2) is 4.79 Å². The van der Waals surface area contributed by atoms with Crippen LogP contribution in [-0.2, 0) is 4.74 Å². The van der Waals surface area contributed by atoms with E-state index in [1.165, 1.54) is 7.11 Å². The predicted molar refractivity (Wildman–Crippen MR) is 87.3 cm³/mol. The van der Waals surface area contributed by atoms with Gasteiger partial charge >= 0.3 is 5.97 Å². The minimum Gasteiger partial charge on any atom is -0.496 e. The highest BCUT2D eigenvalue weighted by Crippen LogP contribution is 2.33. The van der Waals surface area contributed by atoms with E-state index >= 15 is 0 Å². The lowest BCUT2D eigenvalue weighted by Crippen LogP contribution is -2.02. The zero-order chi connectivity index (χ0) is 15.5. The summed E-state index contributed by atoms with van der Waals surface area (Å²) >= 11 is 0. The van der Waals surface area contributed by atoms with Crippen LogP contribution >= 0.6 is 0 Å². The van der Waals surface area contributed by atoms with Gasteiger partial charge < -0.3 is 9.47 Å². The van der Waals surface area contributed by atoms with Crippen molar-refractivity contribution in [2.24, 2.45) is 0 Å². The summed E-state index contributed by atoms with van der Waals surface area (Å²) in [4.78, 5) is 12.1. The summed E-state index contributed by atoms with van der Waals surface area (Å²) < 4.78 is 10.3. The van der Waals surface area contributed by atoms with Gasteiger partial charge in [0.25, 0.3) is 0 Å². The van der Waals surface area contributed by atoms with Crippen molar-refractivity contribution in [3.05, 3.63) is 66.2 Å². The highest BCUT2D eigenvalue weighted by atomic mass is 16.5. The molecular weight excluding hydrogens is 276 g/mol. The smallest absolute Gasteiger partial charge is 0.338 e. The van der Waals surface area contributed by atoms with Gasteiger partial charge in [0, 0.05) is 5.56 Å². The lowest BCUT2D eigenvalue weighted by atomic mass is 9.96. The van der Waals surface area contributed by atoms with Crippen LogP contribution < -0.4 is 4.74 Å². The fraction of sp³-hybridized carbons (Fsp3) is 0.105. The van der Waals surface area contributed by atoms with Crippen LogP contribution in [0.1, 0.15) is 10.4 Å². The molecule has 0 bridgehead atoms. The van der Waals surface area contributed by atoms with Crippen molar-refractivity contribution in [1.29, 1.82) is 0 Å². The average molecular weight is 292 g/mol. The van der Waals surface area contributed by atoms with Crippen LogP contribution in [0.3, 0.4) is 0 Å². The topological polar surface area (TPSA) is 35.5 Å². The van der Waals surface area contributed by atoms with E-state index in [1.807, 2.05) is 54.6 Å². The Hall–Kier alpha value is -2.81. The number of carbonyl (C=O) groups is 1. The molecule has 0 fully saturated rings. The number of para-hydroxylation sites is 1. The molecule has 0 spiro atoms. The highest BCUT2D eigenvalue weighted by Gasteiger charge is 2.14. The number of hydrogen-bond acceptors (Lipinski definition) is 3. The number of carbonyl (C=O) groups excluding carboxylic acids is 1. The molecule has 110 valence electrons. The minimum atomic E-state index is -0.340. The molecule has 3 heteroatoms. The second-order valence-electron chi connectivity index (χ2n) is 4.94. The standard InChI is InChI=1S/C19H16O3/c1-21-18-10-6-5-9-16(18)14-11-13-7-3-4-8-15(13)17(12-14)19(20)22-2/h3-12H,1-2H3. The molecule has 0 aliphatic rings. The molecular formula is C19H16O3. The number of methoxy groups -OCH3 is 2.